The molecule has 0 aliphatic heterocycles. The van der Waals surface area contributed by atoms with E-state index in [0.29, 0.717) is 5.56 Å². The van der Waals surface area contributed by atoms with Gasteiger partial charge < -0.3 is 10.2 Å². The number of rotatable bonds is 6. The van der Waals surface area contributed by atoms with Crippen molar-refractivity contribution in [1.82, 2.24) is 0 Å². The minimum atomic E-state index is -1.25. The molecule has 4 heteroatoms. The SMILES string of the molecule is C=CC(C)c1ccc(C(=O)O)c(C(=O)O)c1C(C)C=C. The molecular weight excluding hydrogens is 256 g/mol. The van der Waals surface area contributed by atoms with Gasteiger partial charge in [0, 0.05) is 0 Å². The van der Waals surface area contributed by atoms with Crippen molar-refractivity contribution in [2.24, 2.45) is 0 Å². The zero-order valence-electron chi connectivity index (χ0n) is 11.6. The van der Waals surface area contributed by atoms with E-state index in [4.69, 9.17) is 0 Å². The molecule has 1 rings (SSSR count). The van der Waals surface area contributed by atoms with Gasteiger partial charge in [-0.25, -0.2) is 9.59 Å². The molecule has 106 valence electrons. The summed E-state index contributed by atoms with van der Waals surface area (Å²) in [6.07, 6.45) is 3.30. The molecule has 0 aromatic heterocycles. The number of benzene rings is 1. The second-order valence-corrected chi connectivity index (χ2v) is 4.65. The number of allylic oxidation sites excluding steroid dienone is 2. The average Bonchev–Trinajstić information content (AvgIpc) is 2.43. The van der Waals surface area contributed by atoms with Crippen molar-refractivity contribution in [3.05, 3.63) is 59.7 Å². The zero-order valence-corrected chi connectivity index (χ0v) is 11.6. The van der Waals surface area contributed by atoms with E-state index in [-0.39, 0.29) is 23.0 Å². The van der Waals surface area contributed by atoms with Gasteiger partial charge >= 0.3 is 11.9 Å². The second kappa shape index (κ2) is 6.19. The summed E-state index contributed by atoms with van der Waals surface area (Å²) in [5.74, 6) is -2.84. The van der Waals surface area contributed by atoms with Gasteiger partial charge in [-0.3, -0.25) is 0 Å². The van der Waals surface area contributed by atoms with Crippen LogP contribution in [-0.4, -0.2) is 22.2 Å². The third-order valence-corrected chi connectivity index (χ3v) is 3.38. The summed E-state index contributed by atoms with van der Waals surface area (Å²) >= 11 is 0. The van der Waals surface area contributed by atoms with Crippen LogP contribution in [-0.2, 0) is 0 Å². The van der Waals surface area contributed by atoms with Gasteiger partial charge in [-0.2, -0.15) is 0 Å². The maximum atomic E-state index is 11.5. The van der Waals surface area contributed by atoms with Crippen LogP contribution in [0, 0.1) is 0 Å². The van der Waals surface area contributed by atoms with E-state index in [0.717, 1.165) is 5.56 Å². The lowest BCUT2D eigenvalue weighted by Crippen LogP contribution is -2.15. The maximum Gasteiger partial charge on any atom is 0.336 e. The highest BCUT2D eigenvalue weighted by Crippen LogP contribution is 2.33. The fraction of sp³-hybridized carbons (Fsp3) is 0.250. The van der Waals surface area contributed by atoms with Crippen LogP contribution in [0.2, 0.25) is 0 Å². The van der Waals surface area contributed by atoms with Crippen molar-refractivity contribution in [3.63, 3.8) is 0 Å². The Morgan fingerprint density at radius 3 is 2.00 bits per heavy atom. The van der Waals surface area contributed by atoms with Gasteiger partial charge in [-0.1, -0.05) is 32.1 Å². The van der Waals surface area contributed by atoms with Gasteiger partial charge in [0.1, 0.15) is 0 Å². The first-order valence-electron chi connectivity index (χ1n) is 6.23. The first-order chi connectivity index (χ1) is 9.34. The number of carboxylic acids is 2. The molecule has 0 amide bonds. The van der Waals surface area contributed by atoms with Gasteiger partial charge in [-0.05, 0) is 29.0 Å². The lowest BCUT2D eigenvalue weighted by Gasteiger charge is -2.20. The molecule has 0 saturated heterocycles. The predicted octanol–water partition coefficient (Wildman–Crippen LogP) is 3.66. The van der Waals surface area contributed by atoms with Gasteiger partial charge in [0.2, 0.25) is 0 Å². The molecule has 2 unspecified atom stereocenters. The Morgan fingerprint density at radius 1 is 1.05 bits per heavy atom. The van der Waals surface area contributed by atoms with Crippen LogP contribution in [0.5, 0.6) is 0 Å². The Kier molecular flexibility index (Phi) is 4.86. The van der Waals surface area contributed by atoms with Gasteiger partial charge in [0.05, 0.1) is 11.1 Å². The molecule has 0 radical (unpaired) electrons. The van der Waals surface area contributed by atoms with Crippen molar-refractivity contribution in [1.29, 1.82) is 0 Å². The van der Waals surface area contributed by atoms with Crippen LogP contribution in [0.3, 0.4) is 0 Å². The summed E-state index contributed by atoms with van der Waals surface area (Å²) in [5.41, 5.74) is 0.868. The van der Waals surface area contributed by atoms with E-state index in [1.165, 1.54) is 6.07 Å². The van der Waals surface area contributed by atoms with Crippen LogP contribution < -0.4 is 0 Å². The molecule has 0 fully saturated rings. The van der Waals surface area contributed by atoms with Crippen molar-refractivity contribution < 1.29 is 19.8 Å². The number of hydrogen-bond acceptors (Lipinski definition) is 2. The Labute approximate surface area is 118 Å². The lowest BCUT2D eigenvalue weighted by molar-refractivity contribution is 0.0650. The summed E-state index contributed by atoms with van der Waals surface area (Å²) in [4.78, 5) is 22.7. The van der Waals surface area contributed by atoms with Crippen LogP contribution in [0.4, 0.5) is 0 Å². The molecule has 0 aliphatic rings. The predicted molar refractivity (Wildman–Crippen MR) is 77.6 cm³/mol. The van der Waals surface area contributed by atoms with Crippen LogP contribution in [0.15, 0.2) is 37.4 Å². The van der Waals surface area contributed by atoms with Gasteiger partial charge in [0.15, 0.2) is 0 Å². The first-order valence-corrected chi connectivity index (χ1v) is 6.23. The number of carbonyl (C=O) groups is 2. The van der Waals surface area contributed by atoms with E-state index in [1.54, 1.807) is 25.1 Å². The average molecular weight is 274 g/mol. The Balaban J connectivity index is 3.79. The third kappa shape index (κ3) is 2.79. The molecule has 0 heterocycles. The topological polar surface area (TPSA) is 74.6 Å². The fourth-order valence-corrected chi connectivity index (χ4v) is 2.18. The number of aromatic carboxylic acids is 2. The lowest BCUT2D eigenvalue weighted by atomic mass is 9.83. The highest BCUT2D eigenvalue weighted by molar-refractivity contribution is 6.03. The van der Waals surface area contributed by atoms with Crippen molar-refractivity contribution in [3.8, 4) is 0 Å². The Morgan fingerprint density at radius 2 is 1.60 bits per heavy atom. The van der Waals surface area contributed by atoms with E-state index in [2.05, 4.69) is 13.2 Å². The molecule has 0 bridgehead atoms. The van der Waals surface area contributed by atoms with E-state index >= 15 is 0 Å². The van der Waals surface area contributed by atoms with Gasteiger partial charge in [0.25, 0.3) is 0 Å². The molecule has 0 spiro atoms. The van der Waals surface area contributed by atoms with Crippen molar-refractivity contribution in [2.45, 2.75) is 25.7 Å². The summed E-state index contributed by atoms with van der Waals surface area (Å²) in [6.45, 7) is 11.1. The molecule has 20 heavy (non-hydrogen) atoms. The quantitative estimate of drug-likeness (QED) is 0.776. The van der Waals surface area contributed by atoms with Crippen molar-refractivity contribution >= 4 is 11.9 Å². The van der Waals surface area contributed by atoms with E-state index in [1.807, 2.05) is 6.92 Å². The first kappa shape index (κ1) is 15.7. The summed E-state index contributed by atoms with van der Waals surface area (Å²) < 4.78 is 0. The minimum Gasteiger partial charge on any atom is -0.478 e. The van der Waals surface area contributed by atoms with Crippen LogP contribution in [0.25, 0.3) is 0 Å². The molecule has 0 aliphatic carbocycles. The highest BCUT2D eigenvalue weighted by Gasteiger charge is 2.26. The Hall–Kier alpha value is -2.36. The fourth-order valence-electron chi connectivity index (χ4n) is 2.18. The molecule has 2 atom stereocenters. The van der Waals surface area contributed by atoms with Crippen LogP contribution in [0.1, 0.15) is 57.5 Å². The summed E-state index contributed by atoms with van der Waals surface area (Å²) in [5, 5.41) is 18.6. The summed E-state index contributed by atoms with van der Waals surface area (Å²) in [7, 11) is 0. The smallest absolute Gasteiger partial charge is 0.336 e. The van der Waals surface area contributed by atoms with E-state index in [9.17, 15) is 19.8 Å². The molecular formula is C16H18O4. The standard InChI is InChI=1S/C16H18O4/c1-5-9(3)11-7-8-12(15(17)18)14(16(19)20)13(11)10(4)6-2/h5-10H,1-2H2,3-4H3,(H,17,18)(H,19,20). The molecule has 2 N–H and O–H groups in total. The normalized spacial score (nSPS) is 13.3. The largest absolute Gasteiger partial charge is 0.478 e. The zero-order chi connectivity index (χ0) is 15.4. The number of carboxylic acid groups (broad SMARTS) is 2. The van der Waals surface area contributed by atoms with Gasteiger partial charge in [-0.15, -0.1) is 13.2 Å². The molecule has 4 nitrogen and oxygen atoms in total. The van der Waals surface area contributed by atoms with Crippen LogP contribution >= 0.6 is 0 Å². The van der Waals surface area contributed by atoms with E-state index < -0.39 is 11.9 Å². The molecule has 1 aromatic rings. The monoisotopic (exact) mass is 274 g/mol. The summed E-state index contributed by atoms with van der Waals surface area (Å²) in [6, 6.07) is 2.98. The third-order valence-electron chi connectivity index (χ3n) is 3.38. The van der Waals surface area contributed by atoms with Crippen molar-refractivity contribution in [2.75, 3.05) is 0 Å². The minimum absolute atomic E-state index is 0.0756. The second-order valence-electron chi connectivity index (χ2n) is 4.65. The maximum absolute atomic E-state index is 11.5. The number of hydrogen-bond donors (Lipinski definition) is 2. The molecule has 1 aromatic carbocycles. The highest BCUT2D eigenvalue weighted by atomic mass is 16.4. The molecule has 0 saturated carbocycles. The Bertz CT molecular complexity index is 572.